The van der Waals surface area contributed by atoms with Crippen molar-refractivity contribution in [2.75, 3.05) is 19.7 Å². The first kappa shape index (κ1) is 14.7. The molecule has 0 spiro atoms. The highest BCUT2D eigenvalue weighted by atomic mass is 79.9. The Kier molecular flexibility index (Phi) is 5.62. The van der Waals surface area contributed by atoms with Crippen LogP contribution in [0, 0.1) is 0 Å². The number of ether oxygens (including phenoxy) is 1. The molecule has 0 fully saturated rings. The van der Waals surface area contributed by atoms with Crippen LogP contribution in [-0.2, 0) is 14.9 Å². The number of carbonyl (C=O) groups excluding carboxylic acids is 1. The predicted molar refractivity (Wildman–Crippen MR) is 74.5 cm³/mol. The van der Waals surface area contributed by atoms with E-state index >= 15 is 0 Å². The molecule has 1 aromatic heterocycles. The molecular weight excluding hydrogens is 302 g/mol. The van der Waals surface area contributed by atoms with Gasteiger partial charge in [-0.25, -0.2) is 0 Å². The fraction of sp³-hybridized carbons (Fsp3) is 0.583. The van der Waals surface area contributed by atoms with Gasteiger partial charge in [0.25, 0.3) is 0 Å². The third-order valence-electron chi connectivity index (χ3n) is 2.38. The van der Waals surface area contributed by atoms with Crippen molar-refractivity contribution >= 4 is 33.2 Å². The van der Waals surface area contributed by atoms with Gasteiger partial charge in [0.2, 0.25) is 0 Å². The SMILES string of the molecule is CCOC(=O)CNCC(C)(C)c1ccc(Br)s1. The first-order valence-corrected chi connectivity index (χ1v) is 7.19. The maximum absolute atomic E-state index is 11.2. The topological polar surface area (TPSA) is 38.3 Å². The Bertz CT molecular complexity index is 376. The molecule has 0 saturated carbocycles. The van der Waals surface area contributed by atoms with Crippen molar-refractivity contribution < 1.29 is 9.53 Å². The minimum atomic E-state index is -0.198. The van der Waals surface area contributed by atoms with Gasteiger partial charge >= 0.3 is 5.97 Å². The first-order valence-electron chi connectivity index (χ1n) is 5.58. The van der Waals surface area contributed by atoms with E-state index in [9.17, 15) is 4.79 Å². The van der Waals surface area contributed by atoms with Crippen molar-refractivity contribution in [3.63, 3.8) is 0 Å². The molecule has 1 N–H and O–H groups in total. The summed E-state index contributed by atoms with van der Waals surface area (Å²) in [5.41, 5.74) is 0.0170. The lowest BCUT2D eigenvalue weighted by atomic mass is 9.91. The number of nitrogens with one attached hydrogen (secondary N) is 1. The summed E-state index contributed by atoms with van der Waals surface area (Å²) in [5.74, 6) is -0.198. The van der Waals surface area contributed by atoms with Crippen LogP contribution in [0.2, 0.25) is 0 Å². The lowest BCUT2D eigenvalue weighted by molar-refractivity contribution is -0.142. The molecule has 0 amide bonds. The lowest BCUT2D eigenvalue weighted by Gasteiger charge is -2.23. The molecule has 0 unspecified atom stereocenters. The van der Waals surface area contributed by atoms with Gasteiger partial charge < -0.3 is 10.1 Å². The van der Waals surface area contributed by atoms with Gasteiger partial charge in [-0.3, -0.25) is 4.79 Å². The predicted octanol–water partition coefficient (Wildman–Crippen LogP) is 2.94. The molecule has 5 heteroatoms. The summed E-state index contributed by atoms with van der Waals surface area (Å²) < 4.78 is 5.99. The molecule has 3 nitrogen and oxygen atoms in total. The fourth-order valence-electron chi connectivity index (χ4n) is 1.45. The number of hydrogen-bond donors (Lipinski definition) is 1. The van der Waals surface area contributed by atoms with Crippen LogP contribution in [0.15, 0.2) is 15.9 Å². The Hall–Kier alpha value is -0.390. The van der Waals surface area contributed by atoms with E-state index in [4.69, 9.17) is 4.74 Å². The van der Waals surface area contributed by atoms with Crippen LogP contribution in [0.1, 0.15) is 25.6 Å². The second kappa shape index (κ2) is 6.52. The zero-order chi connectivity index (χ0) is 12.9. The second-order valence-corrected chi connectivity index (χ2v) is 6.86. The summed E-state index contributed by atoms with van der Waals surface area (Å²) in [5, 5.41) is 3.13. The molecule has 0 radical (unpaired) electrons. The van der Waals surface area contributed by atoms with E-state index in [1.807, 2.05) is 13.0 Å². The summed E-state index contributed by atoms with van der Waals surface area (Å²) in [6.07, 6.45) is 0. The second-order valence-electron chi connectivity index (χ2n) is 4.40. The van der Waals surface area contributed by atoms with Gasteiger partial charge in [0.15, 0.2) is 0 Å². The molecule has 0 aliphatic heterocycles. The van der Waals surface area contributed by atoms with Crippen LogP contribution in [0.5, 0.6) is 0 Å². The van der Waals surface area contributed by atoms with Gasteiger partial charge in [0, 0.05) is 16.8 Å². The maximum Gasteiger partial charge on any atom is 0.319 e. The highest BCUT2D eigenvalue weighted by Crippen LogP contribution is 2.32. The molecule has 1 heterocycles. The molecule has 0 bridgehead atoms. The Morgan fingerprint density at radius 3 is 2.76 bits per heavy atom. The van der Waals surface area contributed by atoms with Gasteiger partial charge in [-0.1, -0.05) is 13.8 Å². The standard InChI is InChI=1S/C12H18BrNO2S/c1-4-16-11(15)7-14-8-12(2,3)9-5-6-10(13)17-9/h5-6,14H,4,7-8H2,1-3H3. The van der Waals surface area contributed by atoms with Gasteiger partial charge in [-0.15, -0.1) is 11.3 Å². The summed E-state index contributed by atoms with van der Waals surface area (Å²) in [6, 6.07) is 4.16. The van der Waals surface area contributed by atoms with E-state index in [1.54, 1.807) is 11.3 Å². The third-order valence-corrected chi connectivity index (χ3v) is 4.37. The van der Waals surface area contributed by atoms with Gasteiger partial charge in [-0.2, -0.15) is 0 Å². The summed E-state index contributed by atoms with van der Waals surface area (Å²) in [6.45, 7) is 7.57. The lowest BCUT2D eigenvalue weighted by Crippen LogP contribution is -2.35. The Balaban J connectivity index is 2.42. The largest absolute Gasteiger partial charge is 0.465 e. The summed E-state index contributed by atoms with van der Waals surface area (Å²) >= 11 is 5.18. The van der Waals surface area contributed by atoms with Crippen LogP contribution >= 0.6 is 27.3 Å². The number of thiophene rings is 1. The van der Waals surface area contributed by atoms with E-state index in [-0.39, 0.29) is 17.9 Å². The number of halogens is 1. The monoisotopic (exact) mass is 319 g/mol. The highest BCUT2D eigenvalue weighted by Gasteiger charge is 2.22. The zero-order valence-electron chi connectivity index (χ0n) is 10.4. The van der Waals surface area contributed by atoms with Crippen LogP contribution in [0.4, 0.5) is 0 Å². The van der Waals surface area contributed by atoms with Gasteiger partial charge in [-0.05, 0) is 35.0 Å². The molecule has 0 aliphatic rings. The van der Waals surface area contributed by atoms with E-state index in [0.29, 0.717) is 6.61 Å². The average Bonchev–Trinajstić information content (AvgIpc) is 2.65. The molecule has 0 aliphatic carbocycles. The van der Waals surface area contributed by atoms with Crippen molar-refractivity contribution in [3.8, 4) is 0 Å². The molecular formula is C12H18BrNO2S. The van der Waals surface area contributed by atoms with E-state index in [0.717, 1.165) is 10.3 Å². The van der Waals surface area contributed by atoms with Crippen LogP contribution in [-0.4, -0.2) is 25.7 Å². The Morgan fingerprint density at radius 2 is 2.24 bits per heavy atom. The molecule has 96 valence electrons. The molecule has 1 rings (SSSR count). The number of hydrogen-bond acceptors (Lipinski definition) is 4. The normalized spacial score (nSPS) is 11.5. The third kappa shape index (κ3) is 4.77. The number of carbonyl (C=O) groups is 1. The molecule has 1 aromatic rings. The van der Waals surface area contributed by atoms with Crippen molar-refractivity contribution in [1.82, 2.24) is 5.32 Å². The van der Waals surface area contributed by atoms with Gasteiger partial charge in [0.05, 0.1) is 16.9 Å². The quantitative estimate of drug-likeness (QED) is 0.819. The summed E-state index contributed by atoms with van der Waals surface area (Å²) in [7, 11) is 0. The first-order chi connectivity index (χ1) is 7.95. The molecule has 0 aromatic carbocycles. The fourth-order valence-corrected chi connectivity index (χ4v) is 2.94. The highest BCUT2D eigenvalue weighted by molar-refractivity contribution is 9.11. The molecule has 17 heavy (non-hydrogen) atoms. The number of esters is 1. The van der Waals surface area contributed by atoms with Crippen LogP contribution in [0.3, 0.4) is 0 Å². The van der Waals surface area contributed by atoms with E-state index < -0.39 is 0 Å². The van der Waals surface area contributed by atoms with E-state index in [1.165, 1.54) is 4.88 Å². The van der Waals surface area contributed by atoms with Crippen molar-refractivity contribution in [3.05, 3.63) is 20.8 Å². The molecule has 0 saturated heterocycles. The van der Waals surface area contributed by atoms with Gasteiger partial charge in [0.1, 0.15) is 0 Å². The Labute approximate surface area is 115 Å². The number of rotatable bonds is 6. The zero-order valence-corrected chi connectivity index (χ0v) is 12.8. The maximum atomic E-state index is 11.2. The minimum absolute atomic E-state index is 0.0170. The Morgan fingerprint density at radius 1 is 1.53 bits per heavy atom. The smallest absolute Gasteiger partial charge is 0.319 e. The molecule has 0 atom stereocenters. The van der Waals surface area contributed by atoms with E-state index in [2.05, 4.69) is 41.2 Å². The van der Waals surface area contributed by atoms with Crippen molar-refractivity contribution in [1.29, 1.82) is 0 Å². The van der Waals surface area contributed by atoms with Crippen molar-refractivity contribution in [2.45, 2.75) is 26.2 Å². The van der Waals surface area contributed by atoms with Crippen LogP contribution in [0.25, 0.3) is 0 Å². The summed E-state index contributed by atoms with van der Waals surface area (Å²) in [4.78, 5) is 12.5. The minimum Gasteiger partial charge on any atom is -0.465 e. The van der Waals surface area contributed by atoms with Crippen LogP contribution < -0.4 is 5.32 Å². The average molecular weight is 320 g/mol. The van der Waals surface area contributed by atoms with Crippen molar-refractivity contribution in [2.24, 2.45) is 0 Å².